The first-order chi connectivity index (χ1) is 8.91. The average molecular weight is 348 g/mol. The molecule has 0 atom stereocenters. The molecular weight excluding hydrogens is 334 g/mol. The third-order valence-corrected chi connectivity index (χ3v) is 5.48. The fourth-order valence-corrected chi connectivity index (χ4v) is 3.96. The van der Waals surface area contributed by atoms with Crippen molar-refractivity contribution in [1.29, 1.82) is 0 Å². The van der Waals surface area contributed by atoms with Gasteiger partial charge in [-0.05, 0) is 34.5 Å². The summed E-state index contributed by atoms with van der Waals surface area (Å²) >= 11 is 3.23. The number of halogens is 1. The number of nitrogens with zero attached hydrogens (tertiary/aromatic N) is 1. The summed E-state index contributed by atoms with van der Waals surface area (Å²) in [6, 6.07) is 5.14. The van der Waals surface area contributed by atoms with Crippen LogP contribution in [0.4, 0.5) is 5.69 Å². The van der Waals surface area contributed by atoms with Crippen LogP contribution >= 0.6 is 15.9 Å². The summed E-state index contributed by atoms with van der Waals surface area (Å²) < 4.78 is 23.7. The van der Waals surface area contributed by atoms with E-state index in [1.807, 2.05) is 4.90 Å². The molecule has 1 fully saturated rings. The van der Waals surface area contributed by atoms with E-state index in [1.165, 1.54) is 0 Å². The van der Waals surface area contributed by atoms with Gasteiger partial charge in [0.1, 0.15) is 0 Å². The molecule has 2 rings (SSSR count). The number of sulfone groups is 1. The first-order valence-electron chi connectivity index (χ1n) is 5.88. The lowest BCUT2D eigenvalue weighted by molar-refractivity contribution is 0.0696. The van der Waals surface area contributed by atoms with Crippen LogP contribution in [0, 0.1) is 0 Å². The Labute approximate surface area is 120 Å². The standard InChI is InChI=1S/C12H14BrNO4S/c13-9-3-1-4-10(11(9)12(15)16)14-5-2-7-19(17,18)8-6-14/h1,3-4H,2,5-8H2,(H,15,16). The number of carbonyl (C=O) groups is 1. The van der Waals surface area contributed by atoms with Gasteiger partial charge in [0.05, 0.1) is 22.8 Å². The van der Waals surface area contributed by atoms with Gasteiger partial charge < -0.3 is 10.0 Å². The van der Waals surface area contributed by atoms with E-state index in [2.05, 4.69) is 15.9 Å². The van der Waals surface area contributed by atoms with E-state index in [4.69, 9.17) is 0 Å². The summed E-state index contributed by atoms with van der Waals surface area (Å²) in [5.74, 6) is -0.784. The molecular formula is C12H14BrNO4S. The SMILES string of the molecule is O=C(O)c1c(Br)cccc1N1CCCS(=O)(=O)CC1. The van der Waals surface area contributed by atoms with Gasteiger partial charge in [0, 0.05) is 17.6 Å². The Morgan fingerprint density at radius 1 is 1.26 bits per heavy atom. The van der Waals surface area contributed by atoms with Crippen LogP contribution in [0.15, 0.2) is 22.7 Å². The molecule has 1 saturated heterocycles. The molecule has 1 N–H and O–H groups in total. The number of aromatic carboxylic acids is 1. The highest BCUT2D eigenvalue weighted by molar-refractivity contribution is 9.10. The zero-order chi connectivity index (χ0) is 14.0. The molecule has 1 aromatic carbocycles. The Hall–Kier alpha value is -1.08. The molecule has 1 aromatic rings. The van der Waals surface area contributed by atoms with E-state index in [-0.39, 0.29) is 17.1 Å². The number of hydrogen-bond donors (Lipinski definition) is 1. The highest BCUT2D eigenvalue weighted by atomic mass is 79.9. The average Bonchev–Trinajstić information content (AvgIpc) is 2.49. The molecule has 1 heterocycles. The fraction of sp³-hybridized carbons (Fsp3) is 0.417. The van der Waals surface area contributed by atoms with E-state index in [0.717, 1.165) is 0 Å². The zero-order valence-electron chi connectivity index (χ0n) is 10.2. The quantitative estimate of drug-likeness (QED) is 0.882. The van der Waals surface area contributed by atoms with Crippen molar-refractivity contribution in [3.05, 3.63) is 28.2 Å². The number of rotatable bonds is 2. The topological polar surface area (TPSA) is 74.7 Å². The largest absolute Gasteiger partial charge is 0.478 e. The summed E-state index contributed by atoms with van der Waals surface area (Å²) in [4.78, 5) is 13.2. The second kappa shape index (κ2) is 5.50. The Kier molecular flexibility index (Phi) is 4.15. The summed E-state index contributed by atoms with van der Waals surface area (Å²) in [7, 11) is -3.00. The molecule has 1 aliphatic heterocycles. The fourth-order valence-electron chi connectivity index (χ4n) is 2.17. The van der Waals surface area contributed by atoms with Crippen LogP contribution in [-0.4, -0.2) is 44.1 Å². The number of carboxylic acid groups (broad SMARTS) is 1. The van der Waals surface area contributed by atoms with Gasteiger partial charge in [0.2, 0.25) is 0 Å². The van der Waals surface area contributed by atoms with Crippen LogP contribution in [-0.2, 0) is 9.84 Å². The number of carboxylic acids is 1. The van der Waals surface area contributed by atoms with Crippen molar-refractivity contribution < 1.29 is 18.3 Å². The van der Waals surface area contributed by atoms with Crippen LogP contribution in [0.3, 0.4) is 0 Å². The molecule has 1 aliphatic rings. The molecule has 0 spiro atoms. The molecule has 0 saturated carbocycles. The Balaban J connectivity index is 2.37. The van der Waals surface area contributed by atoms with Gasteiger partial charge in [-0.15, -0.1) is 0 Å². The van der Waals surface area contributed by atoms with Crippen molar-refractivity contribution in [2.45, 2.75) is 6.42 Å². The van der Waals surface area contributed by atoms with Gasteiger partial charge in [-0.3, -0.25) is 0 Å². The number of anilines is 1. The van der Waals surface area contributed by atoms with Crippen molar-refractivity contribution in [3.8, 4) is 0 Å². The van der Waals surface area contributed by atoms with Crippen molar-refractivity contribution in [1.82, 2.24) is 0 Å². The smallest absolute Gasteiger partial charge is 0.338 e. The third-order valence-electron chi connectivity index (χ3n) is 3.10. The maximum Gasteiger partial charge on any atom is 0.338 e. The van der Waals surface area contributed by atoms with Crippen LogP contribution < -0.4 is 4.90 Å². The molecule has 0 aliphatic carbocycles. The van der Waals surface area contributed by atoms with Crippen LogP contribution in [0.1, 0.15) is 16.8 Å². The molecule has 5 nitrogen and oxygen atoms in total. The Morgan fingerprint density at radius 2 is 2.00 bits per heavy atom. The van der Waals surface area contributed by atoms with Gasteiger partial charge >= 0.3 is 5.97 Å². The number of benzene rings is 1. The van der Waals surface area contributed by atoms with E-state index < -0.39 is 15.8 Å². The van der Waals surface area contributed by atoms with Gasteiger partial charge in [-0.25, -0.2) is 13.2 Å². The molecule has 0 aromatic heterocycles. The van der Waals surface area contributed by atoms with Crippen LogP contribution in [0.25, 0.3) is 0 Å². The van der Waals surface area contributed by atoms with E-state index >= 15 is 0 Å². The van der Waals surface area contributed by atoms with Gasteiger partial charge in [0.25, 0.3) is 0 Å². The maximum absolute atomic E-state index is 11.6. The lowest BCUT2D eigenvalue weighted by Crippen LogP contribution is -2.28. The van der Waals surface area contributed by atoms with E-state index in [0.29, 0.717) is 29.7 Å². The lowest BCUT2D eigenvalue weighted by atomic mass is 10.1. The van der Waals surface area contributed by atoms with Crippen LogP contribution in [0.5, 0.6) is 0 Å². The minimum atomic E-state index is -3.00. The summed E-state index contributed by atoms with van der Waals surface area (Å²) in [5, 5.41) is 9.28. The molecule has 0 unspecified atom stereocenters. The second-order valence-electron chi connectivity index (χ2n) is 4.43. The summed E-state index contributed by atoms with van der Waals surface area (Å²) in [5.41, 5.74) is 0.751. The molecule has 19 heavy (non-hydrogen) atoms. The summed E-state index contributed by atoms with van der Waals surface area (Å²) in [6.07, 6.45) is 0.522. The molecule has 7 heteroatoms. The highest BCUT2D eigenvalue weighted by Crippen LogP contribution is 2.28. The predicted molar refractivity (Wildman–Crippen MR) is 76.6 cm³/mol. The van der Waals surface area contributed by atoms with Crippen molar-refractivity contribution in [2.24, 2.45) is 0 Å². The van der Waals surface area contributed by atoms with Gasteiger partial charge in [-0.1, -0.05) is 6.07 Å². The van der Waals surface area contributed by atoms with Crippen molar-refractivity contribution in [2.75, 3.05) is 29.5 Å². The zero-order valence-corrected chi connectivity index (χ0v) is 12.6. The predicted octanol–water partition coefficient (Wildman–Crippen LogP) is 1.77. The third kappa shape index (κ3) is 3.27. The summed E-state index contributed by atoms with van der Waals surface area (Å²) in [6.45, 7) is 0.884. The van der Waals surface area contributed by atoms with Gasteiger partial charge in [0.15, 0.2) is 9.84 Å². The van der Waals surface area contributed by atoms with Crippen molar-refractivity contribution >= 4 is 37.4 Å². The second-order valence-corrected chi connectivity index (χ2v) is 7.59. The minimum Gasteiger partial charge on any atom is -0.478 e. The lowest BCUT2D eigenvalue weighted by Gasteiger charge is -2.24. The first-order valence-corrected chi connectivity index (χ1v) is 8.49. The molecule has 104 valence electrons. The molecule has 0 bridgehead atoms. The van der Waals surface area contributed by atoms with Gasteiger partial charge in [-0.2, -0.15) is 0 Å². The number of hydrogen-bond acceptors (Lipinski definition) is 4. The normalized spacial score (nSPS) is 18.9. The van der Waals surface area contributed by atoms with E-state index in [9.17, 15) is 18.3 Å². The van der Waals surface area contributed by atoms with Crippen LogP contribution in [0.2, 0.25) is 0 Å². The Morgan fingerprint density at radius 3 is 2.68 bits per heavy atom. The van der Waals surface area contributed by atoms with E-state index in [1.54, 1.807) is 18.2 Å². The maximum atomic E-state index is 11.6. The molecule has 0 amide bonds. The highest BCUT2D eigenvalue weighted by Gasteiger charge is 2.23. The minimum absolute atomic E-state index is 0.0680. The first kappa shape index (κ1) is 14.3. The Bertz CT molecular complexity index is 600. The van der Waals surface area contributed by atoms with Crippen molar-refractivity contribution in [3.63, 3.8) is 0 Å². The molecule has 0 radical (unpaired) electrons. The monoisotopic (exact) mass is 347 g/mol.